The van der Waals surface area contributed by atoms with Gasteiger partial charge in [0.1, 0.15) is 0 Å². The van der Waals surface area contributed by atoms with Crippen molar-refractivity contribution in [2.75, 3.05) is 33.5 Å². The van der Waals surface area contributed by atoms with Crippen LogP contribution in [-0.4, -0.2) is 38.5 Å². The van der Waals surface area contributed by atoms with Gasteiger partial charge in [-0.2, -0.15) is 0 Å². The van der Waals surface area contributed by atoms with E-state index in [-0.39, 0.29) is 0 Å². The maximum Gasteiger partial charge on any atom is 0.0798 e. The van der Waals surface area contributed by atoms with Gasteiger partial charge in [-0.3, -0.25) is 0 Å². The highest BCUT2D eigenvalue weighted by Gasteiger charge is 1.99. The molecule has 86 valence electrons. The van der Waals surface area contributed by atoms with Crippen LogP contribution < -0.4 is 5.32 Å². The van der Waals surface area contributed by atoms with Gasteiger partial charge in [-0.1, -0.05) is 0 Å². The van der Waals surface area contributed by atoms with E-state index in [4.69, 9.17) is 9.47 Å². The first-order valence-corrected chi connectivity index (χ1v) is 5.89. The Morgan fingerprint density at radius 3 is 2.93 bits per heavy atom. The molecule has 0 unspecified atom stereocenters. The number of ether oxygens (including phenoxy) is 2. The standard InChI is InChI=1S/C10H18N2O2S/c1-9-10(15-8-12-9)7-11-3-4-14-6-5-13-2/h8,11H,3-7H2,1-2H3. The Balaban J connectivity index is 1.96. The zero-order chi connectivity index (χ0) is 10.9. The van der Waals surface area contributed by atoms with Gasteiger partial charge < -0.3 is 14.8 Å². The average molecular weight is 230 g/mol. The topological polar surface area (TPSA) is 43.4 Å². The van der Waals surface area contributed by atoms with Crippen LogP contribution in [0, 0.1) is 6.92 Å². The van der Waals surface area contributed by atoms with E-state index in [1.54, 1.807) is 18.4 Å². The van der Waals surface area contributed by atoms with E-state index in [0.29, 0.717) is 13.2 Å². The van der Waals surface area contributed by atoms with Crippen molar-refractivity contribution in [2.45, 2.75) is 13.5 Å². The van der Waals surface area contributed by atoms with Gasteiger partial charge in [0, 0.05) is 25.1 Å². The number of nitrogens with one attached hydrogen (secondary N) is 1. The first kappa shape index (κ1) is 12.6. The molecule has 4 nitrogen and oxygen atoms in total. The van der Waals surface area contributed by atoms with Gasteiger partial charge in [0.2, 0.25) is 0 Å². The van der Waals surface area contributed by atoms with Crippen LogP contribution in [-0.2, 0) is 16.0 Å². The van der Waals surface area contributed by atoms with Crippen molar-refractivity contribution < 1.29 is 9.47 Å². The van der Waals surface area contributed by atoms with Crippen LogP contribution >= 0.6 is 11.3 Å². The Morgan fingerprint density at radius 2 is 2.27 bits per heavy atom. The van der Waals surface area contributed by atoms with Crippen molar-refractivity contribution in [3.63, 3.8) is 0 Å². The number of nitrogens with zero attached hydrogens (tertiary/aromatic N) is 1. The van der Waals surface area contributed by atoms with E-state index < -0.39 is 0 Å². The van der Waals surface area contributed by atoms with Gasteiger partial charge in [0.25, 0.3) is 0 Å². The summed E-state index contributed by atoms with van der Waals surface area (Å²) in [4.78, 5) is 5.48. The summed E-state index contributed by atoms with van der Waals surface area (Å²) in [6.07, 6.45) is 0. The van der Waals surface area contributed by atoms with Gasteiger partial charge in [0.05, 0.1) is 31.0 Å². The zero-order valence-electron chi connectivity index (χ0n) is 9.28. The summed E-state index contributed by atoms with van der Waals surface area (Å²) >= 11 is 1.69. The number of thiazole rings is 1. The number of hydrogen-bond acceptors (Lipinski definition) is 5. The molecule has 1 heterocycles. The van der Waals surface area contributed by atoms with Crippen LogP contribution in [0.25, 0.3) is 0 Å². The lowest BCUT2D eigenvalue weighted by molar-refractivity contribution is 0.0719. The Morgan fingerprint density at radius 1 is 1.40 bits per heavy atom. The summed E-state index contributed by atoms with van der Waals surface area (Å²) in [5.74, 6) is 0. The van der Waals surface area contributed by atoms with E-state index >= 15 is 0 Å². The summed E-state index contributed by atoms with van der Waals surface area (Å²) in [5, 5.41) is 3.31. The van der Waals surface area contributed by atoms with Crippen LogP contribution in [0.5, 0.6) is 0 Å². The molecule has 1 rings (SSSR count). The van der Waals surface area contributed by atoms with E-state index in [1.165, 1.54) is 4.88 Å². The molecular formula is C10H18N2O2S. The van der Waals surface area contributed by atoms with Crippen LogP contribution in [0.1, 0.15) is 10.6 Å². The fraction of sp³-hybridized carbons (Fsp3) is 0.700. The maximum atomic E-state index is 5.32. The SMILES string of the molecule is COCCOCCNCc1scnc1C. The normalized spacial score (nSPS) is 10.8. The molecule has 0 spiro atoms. The molecule has 0 atom stereocenters. The lowest BCUT2D eigenvalue weighted by atomic mass is 10.4. The van der Waals surface area contributed by atoms with Crippen LogP contribution in [0.4, 0.5) is 0 Å². The molecule has 0 aliphatic rings. The lowest BCUT2D eigenvalue weighted by Crippen LogP contribution is -2.20. The highest BCUT2D eigenvalue weighted by atomic mass is 32.1. The average Bonchev–Trinajstić information content (AvgIpc) is 2.63. The zero-order valence-corrected chi connectivity index (χ0v) is 10.1. The second-order valence-electron chi connectivity index (χ2n) is 3.14. The molecule has 0 saturated carbocycles. The van der Waals surface area contributed by atoms with Crippen molar-refractivity contribution in [1.82, 2.24) is 10.3 Å². The maximum absolute atomic E-state index is 5.32. The van der Waals surface area contributed by atoms with Gasteiger partial charge in [-0.25, -0.2) is 4.98 Å². The van der Waals surface area contributed by atoms with E-state index in [1.807, 2.05) is 12.4 Å². The van der Waals surface area contributed by atoms with Crippen molar-refractivity contribution in [1.29, 1.82) is 0 Å². The second kappa shape index (κ2) is 7.76. The second-order valence-corrected chi connectivity index (χ2v) is 4.08. The Labute approximate surface area is 94.6 Å². The highest BCUT2D eigenvalue weighted by molar-refractivity contribution is 7.09. The Hall–Kier alpha value is -0.490. The molecular weight excluding hydrogens is 212 g/mol. The third kappa shape index (κ3) is 5.22. The van der Waals surface area contributed by atoms with E-state index in [0.717, 1.165) is 25.4 Å². The molecule has 0 aliphatic heterocycles. The molecule has 0 bridgehead atoms. The van der Waals surface area contributed by atoms with Crippen molar-refractivity contribution in [3.05, 3.63) is 16.1 Å². The van der Waals surface area contributed by atoms with Gasteiger partial charge >= 0.3 is 0 Å². The quantitative estimate of drug-likeness (QED) is 0.682. The predicted molar refractivity (Wildman–Crippen MR) is 61.3 cm³/mol. The minimum atomic E-state index is 0.661. The Kier molecular flexibility index (Phi) is 6.50. The van der Waals surface area contributed by atoms with Crippen molar-refractivity contribution in [2.24, 2.45) is 0 Å². The van der Waals surface area contributed by atoms with Gasteiger partial charge in [0.15, 0.2) is 0 Å². The molecule has 1 N–H and O–H groups in total. The monoisotopic (exact) mass is 230 g/mol. The molecule has 0 radical (unpaired) electrons. The van der Waals surface area contributed by atoms with Gasteiger partial charge in [-0.15, -0.1) is 11.3 Å². The minimum absolute atomic E-state index is 0.661. The first-order chi connectivity index (χ1) is 7.34. The molecule has 0 aromatic carbocycles. The fourth-order valence-electron chi connectivity index (χ4n) is 1.09. The number of aromatic nitrogens is 1. The molecule has 15 heavy (non-hydrogen) atoms. The molecule has 0 amide bonds. The fourth-order valence-corrected chi connectivity index (χ4v) is 1.83. The lowest BCUT2D eigenvalue weighted by Gasteiger charge is -2.04. The molecule has 0 fully saturated rings. The van der Waals surface area contributed by atoms with Crippen LogP contribution in [0.15, 0.2) is 5.51 Å². The Bertz CT molecular complexity index is 266. The van der Waals surface area contributed by atoms with Crippen molar-refractivity contribution in [3.8, 4) is 0 Å². The molecule has 1 aromatic heterocycles. The summed E-state index contributed by atoms with van der Waals surface area (Å²) < 4.78 is 10.2. The van der Waals surface area contributed by atoms with Crippen LogP contribution in [0.2, 0.25) is 0 Å². The predicted octanol–water partition coefficient (Wildman–Crippen LogP) is 1.20. The molecule has 0 aliphatic carbocycles. The summed E-state index contributed by atoms with van der Waals surface area (Å²) in [7, 11) is 1.67. The smallest absolute Gasteiger partial charge is 0.0798 e. The van der Waals surface area contributed by atoms with E-state index in [2.05, 4.69) is 10.3 Å². The minimum Gasteiger partial charge on any atom is -0.382 e. The van der Waals surface area contributed by atoms with Crippen molar-refractivity contribution >= 4 is 11.3 Å². The third-order valence-corrected chi connectivity index (χ3v) is 2.92. The first-order valence-electron chi connectivity index (χ1n) is 5.01. The van der Waals surface area contributed by atoms with E-state index in [9.17, 15) is 0 Å². The van der Waals surface area contributed by atoms with Crippen LogP contribution in [0.3, 0.4) is 0 Å². The number of rotatable bonds is 8. The summed E-state index contributed by atoms with van der Waals surface area (Å²) in [6, 6.07) is 0. The molecule has 1 aromatic rings. The number of methoxy groups -OCH3 is 1. The number of aryl methyl sites for hydroxylation is 1. The summed E-state index contributed by atoms with van der Waals surface area (Å²) in [5.41, 5.74) is 2.99. The highest BCUT2D eigenvalue weighted by Crippen LogP contribution is 2.10. The largest absolute Gasteiger partial charge is 0.382 e. The summed E-state index contributed by atoms with van der Waals surface area (Å²) in [6.45, 7) is 5.82. The molecule has 0 saturated heterocycles. The van der Waals surface area contributed by atoms with Gasteiger partial charge in [-0.05, 0) is 6.92 Å². The third-order valence-electron chi connectivity index (χ3n) is 1.99. The molecule has 5 heteroatoms. The number of hydrogen-bond donors (Lipinski definition) is 1.